The number of nitrogens with two attached hydrogens (primary N) is 1. The number of aryl methyl sites for hydroxylation is 1. The summed E-state index contributed by atoms with van der Waals surface area (Å²) in [6, 6.07) is -1.29. The average molecular weight is 450 g/mol. The standard InChI is InChI=1S/C18H22N6O6S/c19-18-23-14-9(15(27)24-18)5-8(6-21-14)1-3-12-20-7-11(31-12)16(28)22-10(17(29)30)2-4-13(25)26/h7-8,10H,1-6H2,(H,22,28)(H,25,26)(H,29,30)(H4,19,21,23,24,27)/t8?,10-/m0/s1. The Balaban J connectivity index is 1.54. The van der Waals surface area contributed by atoms with Crippen molar-refractivity contribution in [3.05, 3.63) is 21.6 Å². The second-order valence-electron chi connectivity index (χ2n) is 7.14. The van der Waals surface area contributed by atoms with Gasteiger partial charge in [-0.05, 0) is 31.6 Å². The third-order valence-electron chi connectivity index (χ3n) is 4.85. The summed E-state index contributed by atoms with van der Waals surface area (Å²) in [5.74, 6) is -2.44. The number of carbonyl (C=O) groups excluding carboxylic acids is 1. The molecule has 0 aromatic carbocycles. The molecular formula is C18H22N6O6S. The Morgan fingerprint density at radius 1 is 1.32 bits per heavy atom. The number of carbonyl (C=O) groups is 3. The van der Waals surface area contributed by atoms with Gasteiger partial charge in [0.15, 0.2) is 0 Å². The van der Waals surface area contributed by atoms with E-state index in [1.807, 2.05) is 0 Å². The molecule has 7 N–H and O–H groups in total. The number of amides is 1. The van der Waals surface area contributed by atoms with E-state index in [2.05, 4.69) is 25.6 Å². The topological polar surface area (TPSA) is 201 Å². The lowest BCUT2D eigenvalue weighted by atomic mass is 9.92. The summed E-state index contributed by atoms with van der Waals surface area (Å²) in [6.45, 7) is 0.644. The fourth-order valence-corrected chi connectivity index (χ4v) is 4.08. The number of aromatic hydroxyl groups is 1. The van der Waals surface area contributed by atoms with Gasteiger partial charge in [0.25, 0.3) is 5.91 Å². The molecule has 3 heterocycles. The third kappa shape index (κ3) is 5.78. The van der Waals surface area contributed by atoms with Crippen LogP contribution in [0.15, 0.2) is 6.20 Å². The van der Waals surface area contributed by atoms with Crippen molar-refractivity contribution in [1.29, 1.82) is 0 Å². The highest BCUT2D eigenvalue weighted by Gasteiger charge is 2.25. The Morgan fingerprint density at radius 3 is 2.81 bits per heavy atom. The van der Waals surface area contributed by atoms with Gasteiger partial charge in [0.05, 0.1) is 16.8 Å². The molecule has 1 unspecified atom stereocenters. The lowest BCUT2D eigenvalue weighted by Gasteiger charge is -2.25. The number of anilines is 2. The number of nitrogens with zero attached hydrogens (tertiary/aromatic N) is 3. The van der Waals surface area contributed by atoms with Gasteiger partial charge in [-0.25, -0.2) is 9.78 Å². The molecule has 0 radical (unpaired) electrons. The number of rotatable bonds is 9. The Morgan fingerprint density at radius 2 is 2.10 bits per heavy atom. The van der Waals surface area contributed by atoms with Crippen molar-refractivity contribution in [3.8, 4) is 5.88 Å². The number of fused-ring (bicyclic) bond motifs is 1. The van der Waals surface area contributed by atoms with Gasteiger partial charge in [0.1, 0.15) is 16.7 Å². The second-order valence-corrected chi connectivity index (χ2v) is 8.25. The van der Waals surface area contributed by atoms with Gasteiger partial charge in [0, 0.05) is 13.0 Å². The van der Waals surface area contributed by atoms with Crippen molar-refractivity contribution < 1.29 is 29.7 Å². The third-order valence-corrected chi connectivity index (χ3v) is 5.90. The number of thiazole rings is 1. The molecule has 0 saturated heterocycles. The summed E-state index contributed by atoms with van der Waals surface area (Å²) < 4.78 is 0. The summed E-state index contributed by atoms with van der Waals surface area (Å²) in [7, 11) is 0. The molecule has 0 bridgehead atoms. The van der Waals surface area contributed by atoms with E-state index < -0.39 is 23.9 Å². The van der Waals surface area contributed by atoms with Crippen LogP contribution in [-0.4, -0.2) is 60.7 Å². The van der Waals surface area contributed by atoms with Gasteiger partial charge in [-0.3, -0.25) is 9.59 Å². The molecule has 1 amide bonds. The number of hydrogen-bond donors (Lipinski definition) is 6. The van der Waals surface area contributed by atoms with E-state index in [4.69, 9.17) is 15.9 Å². The molecule has 0 spiro atoms. The van der Waals surface area contributed by atoms with Crippen LogP contribution in [0, 0.1) is 5.92 Å². The molecule has 166 valence electrons. The van der Waals surface area contributed by atoms with Crippen molar-refractivity contribution in [2.75, 3.05) is 17.6 Å². The highest BCUT2D eigenvalue weighted by Crippen LogP contribution is 2.31. The van der Waals surface area contributed by atoms with Gasteiger partial charge >= 0.3 is 11.9 Å². The fraction of sp³-hybridized carbons (Fsp3) is 0.444. The minimum atomic E-state index is -1.29. The van der Waals surface area contributed by atoms with Crippen LogP contribution in [0.4, 0.5) is 11.8 Å². The first-order chi connectivity index (χ1) is 14.7. The largest absolute Gasteiger partial charge is 0.493 e. The maximum atomic E-state index is 12.3. The van der Waals surface area contributed by atoms with Gasteiger partial charge in [-0.2, -0.15) is 9.97 Å². The minimum Gasteiger partial charge on any atom is -0.493 e. The number of aromatic nitrogens is 3. The molecule has 1 aliphatic heterocycles. The van der Waals surface area contributed by atoms with Crippen molar-refractivity contribution in [2.24, 2.45) is 5.92 Å². The molecule has 12 nitrogen and oxygen atoms in total. The van der Waals surface area contributed by atoms with Gasteiger partial charge in [0.2, 0.25) is 11.8 Å². The normalized spacial score (nSPS) is 16.1. The smallest absolute Gasteiger partial charge is 0.326 e. The first kappa shape index (κ1) is 22.2. The Hall–Kier alpha value is -3.48. The van der Waals surface area contributed by atoms with E-state index >= 15 is 0 Å². The van der Waals surface area contributed by atoms with E-state index in [1.165, 1.54) is 6.20 Å². The minimum absolute atomic E-state index is 0.00360. The predicted molar refractivity (Wildman–Crippen MR) is 110 cm³/mol. The second kappa shape index (κ2) is 9.55. The molecule has 0 saturated carbocycles. The van der Waals surface area contributed by atoms with E-state index in [0.29, 0.717) is 35.8 Å². The van der Waals surface area contributed by atoms with Crippen molar-refractivity contribution in [2.45, 2.75) is 38.1 Å². The van der Waals surface area contributed by atoms with Crippen LogP contribution in [0.5, 0.6) is 5.88 Å². The number of carboxylic acid groups (broad SMARTS) is 2. The highest BCUT2D eigenvalue weighted by molar-refractivity contribution is 7.13. The summed E-state index contributed by atoms with van der Waals surface area (Å²) in [4.78, 5) is 46.5. The summed E-state index contributed by atoms with van der Waals surface area (Å²) in [5, 5.41) is 34.0. The van der Waals surface area contributed by atoms with E-state index in [9.17, 15) is 19.5 Å². The Kier molecular flexibility index (Phi) is 6.84. The van der Waals surface area contributed by atoms with Crippen LogP contribution < -0.4 is 16.4 Å². The fourth-order valence-electron chi connectivity index (χ4n) is 3.24. The molecular weight excluding hydrogens is 428 g/mol. The van der Waals surface area contributed by atoms with Crippen LogP contribution in [0.1, 0.15) is 39.5 Å². The zero-order valence-corrected chi connectivity index (χ0v) is 17.2. The van der Waals surface area contributed by atoms with E-state index in [0.717, 1.165) is 17.8 Å². The van der Waals surface area contributed by atoms with Crippen LogP contribution in [0.2, 0.25) is 0 Å². The predicted octanol–water partition coefficient (Wildman–Crippen LogP) is 0.486. The maximum Gasteiger partial charge on any atom is 0.326 e. The number of nitrogens with one attached hydrogen (secondary N) is 2. The highest BCUT2D eigenvalue weighted by atomic mass is 32.1. The summed E-state index contributed by atoms with van der Waals surface area (Å²) in [5.41, 5.74) is 6.15. The molecule has 2 aromatic rings. The average Bonchev–Trinajstić information content (AvgIpc) is 3.18. The molecule has 1 aliphatic rings. The number of aliphatic carboxylic acids is 2. The Labute approximate surface area is 180 Å². The number of carboxylic acids is 2. The van der Waals surface area contributed by atoms with E-state index in [-0.39, 0.29) is 35.5 Å². The Bertz CT molecular complexity index is 996. The number of hydrogen-bond acceptors (Lipinski definition) is 10. The van der Waals surface area contributed by atoms with Crippen molar-refractivity contribution in [3.63, 3.8) is 0 Å². The molecule has 13 heteroatoms. The zero-order chi connectivity index (χ0) is 22.5. The number of nitrogen functional groups attached to an aromatic ring is 1. The lowest BCUT2D eigenvalue weighted by molar-refractivity contribution is -0.140. The molecule has 0 aliphatic carbocycles. The first-order valence-electron chi connectivity index (χ1n) is 9.52. The SMILES string of the molecule is Nc1nc(O)c2c(n1)NCC(CCc1ncc(C(=O)N[C@@H](CCC(=O)O)C(=O)O)s1)C2. The van der Waals surface area contributed by atoms with Gasteiger partial charge in [-0.1, -0.05) is 0 Å². The van der Waals surface area contributed by atoms with Crippen LogP contribution >= 0.6 is 11.3 Å². The summed E-state index contributed by atoms with van der Waals surface area (Å²) in [6.07, 6.45) is 2.72. The monoisotopic (exact) mass is 450 g/mol. The molecule has 0 fully saturated rings. The summed E-state index contributed by atoms with van der Waals surface area (Å²) >= 11 is 1.15. The molecule has 31 heavy (non-hydrogen) atoms. The first-order valence-corrected chi connectivity index (χ1v) is 10.3. The molecule has 2 atom stereocenters. The van der Waals surface area contributed by atoms with Crippen LogP contribution in [-0.2, 0) is 22.4 Å². The van der Waals surface area contributed by atoms with Gasteiger partial charge < -0.3 is 31.7 Å². The molecule has 2 aromatic heterocycles. The van der Waals surface area contributed by atoms with E-state index in [1.54, 1.807) is 0 Å². The van der Waals surface area contributed by atoms with Crippen LogP contribution in [0.25, 0.3) is 0 Å². The van der Waals surface area contributed by atoms with Crippen LogP contribution in [0.3, 0.4) is 0 Å². The lowest BCUT2D eigenvalue weighted by Crippen LogP contribution is -2.40. The maximum absolute atomic E-state index is 12.3. The van der Waals surface area contributed by atoms with Crippen molar-refractivity contribution in [1.82, 2.24) is 20.3 Å². The molecule has 3 rings (SSSR count). The van der Waals surface area contributed by atoms with Gasteiger partial charge in [-0.15, -0.1) is 11.3 Å². The van der Waals surface area contributed by atoms with Crippen molar-refractivity contribution >= 4 is 40.9 Å². The quantitative estimate of drug-likeness (QED) is 0.310. The zero-order valence-electron chi connectivity index (χ0n) is 16.4.